The van der Waals surface area contributed by atoms with Crippen molar-refractivity contribution >= 4 is 48.1 Å². The van der Waals surface area contributed by atoms with Gasteiger partial charge in [-0.15, -0.1) is 0 Å². The first-order valence-electron chi connectivity index (χ1n) is 9.02. The van der Waals surface area contributed by atoms with Crippen molar-refractivity contribution in [1.29, 1.82) is 0 Å². The minimum Gasteiger partial charge on any atom is -0.480 e. The van der Waals surface area contributed by atoms with Gasteiger partial charge in [-0.2, -0.15) is 24.4 Å². The van der Waals surface area contributed by atoms with Crippen LogP contribution in [0.15, 0.2) is 0 Å². The summed E-state index contributed by atoms with van der Waals surface area (Å²) in [5, 5.41) is 16.9. The predicted octanol–water partition coefficient (Wildman–Crippen LogP) is -0.398. The van der Waals surface area contributed by atoms with E-state index in [2.05, 4.69) is 28.6 Å². The maximum atomic E-state index is 12.6. The van der Waals surface area contributed by atoms with Gasteiger partial charge in [0.2, 0.25) is 17.7 Å². The quantitative estimate of drug-likeness (QED) is 0.215. The van der Waals surface area contributed by atoms with Crippen molar-refractivity contribution in [3.8, 4) is 0 Å². The lowest BCUT2D eigenvalue weighted by atomic mass is 10.0. The molecule has 0 aromatic rings. The molecule has 9 nitrogen and oxygen atoms in total. The van der Waals surface area contributed by atoms with Gasteiger partial charge in [0.15, 0.2) is 0 Å². The van der Waals surface area contributed by atoms with Crippen LogP contribution in [0, 0.1) is 5.92 Å². The molecule has 0 fully saturated rings. The molecular formula is C17H32N4O5S2. The predicted molar refractivity (Wildman–Crippen MR) is 113 cm³/mol. The number of nitrogens with one attached hydrogen (secondary N) is 3. The summed E-state index contributed by atoms with van der Waals surface area (Å²) in [5.41, 5.74) is 5.49. The largest absolute Gasteiger partial charge is 0.480 e. The monoisotopic (exact) mass is 436 g/mol. The van der Waals surface area contributed by atoms with Crippen molar-refractivity contribution in [2.45, 2.75) is 57.8 Å². The molecule has 6 N–H and O–H groups in total. The Morgan fingerprint density at radius 1 is 0.964 bits per heavy atom. The van der Waals surface area contributed by atoms with Gasteiger partial charge in [0.1, 0.15) is 18.1 Å². The summed E-state index contributed by atoms with van der Waals surface area (Å²) in [5.74, 6) is -2.13. The van der Waals surface area contributed by atoms with Crippen molar-refractivity contribution in [3.63, 3.8) is 0 Å². The minimum absolute atomic E-state index is 0.0201. The summed E-state index contributed by atoms with van der Waals surface area (Å²) in [6.07, 6.45) is 2.44. The molecule has 0 aromatic carbocycles. The number of carbonyl (C=O) groups is 4. The zero-order chi connectivity index (χ0) is 21.9. The molecule has 162 valence electrons. The van der Waals surface area contributed by atoms with Crippen LogP contribution in [0.3, 0.4) is 0 Å². The van der Waals surface area contributed by atoms with E-state index in [0.29, 0.717) is 12.2 Å². The smallest absolute Gasteiger partial charge is 0.326 e. The third-order valence-corrected chi connectivity index (χ3v) is 4.80. The van der Waals surface area contributed by atoms with E-state index >= 15 is 0 Å². The molecule has 0 aliphatic heterocycles. The maximum absolute atomic E-state index is 12.6. The van der Waals surface area contributed by atoms with Crippen molar-refractivity contribution in [2.24, 2.45) is 11.7 Å². The molecule has 0 saturated heterocycles. The molecule has 0 saturated carbocycles. The van der Waals surface area contributed by atoms with Gasteiger partial charge in [0.25, 0.3) is 0 Å². The molecule has 4 atom stereocenters. The van der Waals surface area contributed by atoms with Crippen molar-refractivity contribution < 1.29 is 24.3 Å². The van der Waals surface area contributed by atoms with Gasteiger partial charge in [-0.1, -0.05) is 13.8 Å². The molecule has 0 rings (SSSR count). The van der Waals surface area contributed by atoms with Crippen LogP contribution in [-0.4, -0.2) is 70.7 Å². The molecule has 0 aliphatic rings. The van der Waals surface area contributed by atoms with E-state index in [-0.39, 0.29) is 18.1 Å². The van der Waals surface area contributed by atoms with Crippen molar-refractivity contribution in [1.82, 2.24) is 16.0 Å². The zero-order valence-electron chi connectivity index (χ0n) is 16.7. The first-order valence-corrected chi connectivity index (χ1v) is 11.0. The van der Waals surface area contributed by atoms with Gasteiger partial charge in [0.05, 0.1) is 6.04 Å². The molecule has 4 unspecified atom stereocenters. The molecule has 0 heterocycles. The highest BCUT2D eigenvalue weighted by atomic mass is 32.2. The fourth-order valence-corrected chi connectivity index (χ4v) is 2.97. The molecule has 0 radical (unpaired) electrons. The summed E-state index contributed by atoms with van der Waals surface area (Å²) in [6.45, 7) is 5.19. The summed E-state index contributed by atoms with van der Waals surface area (Å²) >= 11 is 5.55. The number of carbonyl (C=O) groups excluding carboxylic acids is 3. The van der Waals surface area contributed by atoms with Gasteiger partial charge >= 0.3 is 5.97 Å². The topological polar surface area (TPSA) is 151 Å². The molecule has 11 heteroatoms. The van der Waals surface area contributed by atoms with Gasteiger partial charge < -0.3 is 26.8 Å². The lowest BCUT2D eigenvalue weighted by Gasteiger charge is -2.24. The first kappa shape index (κ1) is 26.5. The Bertz CT molecular complexity index is 546. The molecular weight excluding hydrogens is 404 g/mol. The van der Waals surface area contributed by atoms with Crippen LogP contribution < -0.4 is 21.7 Å². The van der Waals surface area contributed by atoms with E-state index in [4.69, 9.17) is 5.73 Å². The van der Waals surface area contributed by atoms with Gasteiger partial charge in [-0.05, 0) is 37.7 Å². The second kappa shape index (κ2) is 13.7. The lowest BCUT2D eigenvalue weighted by Crippen LogP contribution is -2.57. The van der Waals surface area contributed by atoms with Crippen LogP contribution in [0.25, 0.3) is 0 Å². The first-order chi connectivity index (χ1) is 13.0. The molecule has 0 aromatic heterocycles. The van der Waals surface area contributed by atoms with Gasteiger partial charge in [-0.3, -0.25) is 14.4 Å². The summed E-state index contributed by atoms with van der Waals surface area (Å²) in [7, 11) is 0. The third-order valence-electron chi connectivity index (χ3n) is 3.79. The van der Waals surface area contributed by atoms with Crippen LogP contribution in [-0.2, 0) is 19.2 Å². The fraction of sp³-hybridized carbons (Fsp3) is 0.765. The van der Waals surface area contributed by atoms with E-state index < -0.39 is 47.9 Å². The number of aliphatic carboxylic acids is 1. The Labute approximate surface area is 175 Å². The maximum Gasteiger partial charge on any atom is 0.326 e. The number of hydrogen-bond acceptors (Lipinski definition) is 7. The van der Waals surface area contributed by atoms with Crippen molar-refractivity contribution in [2.75, 3.05) is 17.8 Å². The van der Waals surface area contributed by atoms with Gasteiger partial charge in [-0.25, -0.2) is 4.79 Å². The van der Waals surface area contributed by atoms with E-state index in [1.165, 1.54) is 18.7 Å². The Morgan fingerprint density at radius 3 is 1.89 bits per heavy atom. The Hall–Kier alpha value is -1.46. The number of carboxylic acids is 1. The molecule has 3 amide bonds. The third kappa shape index (κ3) is 10.2. The highest BCUT2D eigenvalue weighted by Crippen LogP contribution is 2.07. The van der Waals surface area contributed by atoms with Crippen LogP contribution in [0.4, 0.5) is 0 Å². The number of rotatable bonds is 13. The van der Waals surface area contributed by atoms with E-state index in [1.807, 2.05) is 20.1 Å². The highest BCUT2D eigenvalue weighted by molar-refractivity contribution is 7.98. The highest BCUT2D eigenvalue weighted by Gasteiger charge is 2.29. The number of thioether (sulfide) groups is 1. The minimum atomic E-state index is -1.13. The number of thiol groups is 1. The van der Waals surface area contributed by atoms with Crippen LogP contribution in [0.2, 0.25) is 0 Å². The number of nitrogens with two attached hydrogens (primary N) is 1. The molecule has 0 spiro atoms. The Kier molecular flexibility index (Phi) is 13.0. The average Bonchev–Trinajstić information content (AvgIpc) is 2.61. The average molecular weight is 437 g/mol. The lowest BCUT2D eigenvalue weighted by molar-refractivity contribution is -0.142. The Morgan fingerprint density at radius 2 is 1.46 bits per heavy atom. The second-order valence-electron chi connectivity index (χ2n) is 6.90. The van der Waals surface area contributed by atoms with E-state index in [1.54, 1.807) is 0 Å². The fourth-order valence-electron chi connectivity index (χ4n) is 2.24. The standard InChI is InChI=1S/C17H32N4O5S2/c1-9(2)7-12(17(25)26)20-15(23)11(5-6-28-4)19-16(24)13(8-27)21-14(22)10(3)18/h9-13,27H,5-8,18H2,1-4H3,(H,19,24)(H,20,23)(H,21,22)(H,25,26). The number of amides is 3. The van der Waals surface area contributed by atoms with Crippen molar-refractivity contribution in [3.05, 3.63) is 0 Å². The molecule has 28 heavy (non-hydrogen) atoms. The van der Waals surface area contributed by atoms with Crippen LogP contribution in [0.5, 0.6) is 0 Å². The van der Waals surface area contributed by atoms with E-state index in [0.717, 1.165) is 0 Å². The normalized spacial score (nSPS) is 15.2. The van der Waals surface area contributed by atoms with Crippen LogP contribution >= 0.6 is 24.4 Å². The van der Waals surface area contributed by atoms with E-state index in [9.17, 15) is 24.3 Å². The summed E-state index contributed by atoms with van der Waals surface area (Å²) in [6, 6.07) is -3.72. The zero-order valence-corrected chi connectivity index (χ0v) is 18.4. The SMILES string of the molecule is CSCCC(NC(=O)C(CS)NC(=O)C(C)N)C(=O)NC(CC(C)C)C(=O)O. The number of hydrogen-bond donors (Lipinski definition) is 6. The van der Waals surface area contributed by atoms with Gasteiger partial charge in [0, 0.05) is 5.75 Å². The molecule has 0 bridgehead atoms. The summed E-state index contributed by atoms with van der Waals surface area (Å²) in [4.78, 5) is 48.2. The number of carboxylic acid groups (broad SMARTS) is 1. The summed E-state index contributed by atoms with van der Waals surface area (Å²) < 4.78 is 0. The molecule has 0 aliphatic carbocycles. The Balaban J connectivity index is 5.17. The van der Waals surface area contributed by atoms with Crippen LogP contribution in [0.1, 0.15) is 33.6 Å². The second-order valence-corrected chi connectivity index (χ2v) is 8.25.